The number of hydrogen-bond acceptors (Lipinski definition) is 10. The molecule has 0 aromatic heterocycles. The van der Waals surface area contributed by atoms with Crippen LogP contribution < -0.4 is 31.2 Å². The average molecular weight is 760 g/mol. The van der Waals surface area contributed by atoms with E-state index in [1.54, 1.807) is 31.3 Å². The molecule has 12 heteroatoms. The smallest absolute Gasteiger partial charge is 0.192 e. The molecular weight excluding hydrogens is 699 g/mol. The molecule has 0 amide bonds. The van der Waals surface area contributed by atoms with Crippen LogP contribution in [0, 0.1) is 5.92 Å². The van der Waals surface area contributed by atoms with Crippen molar-refractivity contribution in [2.45, 2.75) is 82.3 Å². The molecule has 1 aliphatic carbocycles. The number of benzene rings is 3. The Balaban J connectivity index is 1.26. The van der Waals surface area contributed by atoms with E-state index in [9.17, 15) is 20.1 Å². The fraction of sp³-hybridized carbons (Fsp3) is 0.488. The Morgan fingerprint density at radius 1 is 1.05 bits per heavy atom. The summed E-state index contributed by atoms with van der Waals surface area (Å²) >= 11 is 0. The zero-order chi connectivity index (χ0) is 39.5. The van der Waals surface area contributed by atoms with Crippen LogP contribution in [0.15, 0.2) is 77.8 Å². The van der Waals surface area contributed by atoms with Crippen molar-refractivity contribution in [2.75, 3.05) is 52.9 Å². The Morgan fingerprint density at radius 2 is 1.85 bits per heavy atom. The van der Waals surface area contributed by atoms with Gasteiger partial charge in [0.2, 0.25) is 0 Å². The number of anilines is 1. The number of hydrogen-bond donors (Lipinski definition) is 7. The van der Waals surface area contributed by atoms with Crippen molar-refractivity contribution in [3.8, 4) is 23.0 Å². The summed E-state index contributed by atoms with van der Waals surface area (Å²) in [5, 5.41) is 41.0. The molecule has 55 heavy (non-hydrogen) atoms. The Kier molecular flexibility index (Phi) is 17.8. The number of ketones is 1. The van der Waals surface area contributed by atoms with Gasteiger partial charge in [-0.2, -0.15) is 0 Å². The van der Waals surface area contributed by atoms with Crippen LogP contribution in [0.25, 0.3) is 0 Å². The van der Waals surface area contributed by atoms with Crippen LogP contribution in [0.5, 0.6) is 23.0 Å². The average Bonchev–Trinajstić information content (AvgIpc) is 3.58. The van der Waals surface area contributed by atoms with Gasteiger partial charge in [0.15, 0.2) is 34.7 Å². The number of guanidine groups is 1. The van der Waals surface area contributed by atoms with Crippen molar-refractivity contribution in [1.29, 1.82) is 0 Å². The summed E-state index contributed by atoms with van der Waals surface area (Å²) in [4.78, 5) is 16.6. The van der Waals surface area contributed by atoms with E-state index in [1.807, 2.05) is 43.5 Å². The lowest BCUT2D eigenvalue weighted by atomic mass is 9.97. The van der Waals surface area contributed by atoms with E-state index < -0.39 is 11.7 Å². The van der Waals surface area contributed by atoms with E-state index in [2.05, 4.69) is 33.1 Å². The highest BCUT2D eigenvalue weighted by atomic mass is 16.5. The van der Waals surface area contributed by atoms with Gasteiger partial charge in [-0.05, 0) is 124 Å². The van der Waals surface area contributed by atoms with Crippen molar-refractivity contribution in [3.05, 3.63) is 89.5 Å². The maximum absolute atomic E-state index is 12.6. The van der Waals surface area contributed by atoms with E-state index >= 15 is 0 Å². The second kappa shape index (κ2) is 22.7. The molecule has 4 rings (SSSR count). The Labute approximate surface area is 326 Å². The second-order valence-corrected chi connectivity index (χ2v) is 14.4. The normalized spacial score (nSPS) is 17.7. The zero-order valence-corrected chi connectivity index (χ0v) is 32.7. The van der Waals surface area contributed by atoms with Crippen molar-refractivity contribution in [1.82, 2.24) is 10.6 Å². The molecule has 1 saturated carbocycles. The molecule has 3 unspecified atom stereocenters. The minimum Gasteiger partial charge on any atom is -0.504 e. The van der Waals surface area contributed by atoms with Gasteiger partial charge in [0.1, 0.15) is 5.60 Å². The summed E-state index contributed by atoms with van der Waals surface area (Å²) in [7, 11) is 4.97. The van der Waals surface area contributed by atoms with Crippen LogP contribution in [0.1, 0.15) is 68.1 Å². The highest BCUT2D eigenvalue weighted by Gasteiger charge is 2.41. The molecular formula is C43H61N5O7. The lowest BCUT2D eigenvalue weighted by Gasteiger charge is -2.31. The Bertz CT molecular complexity index is 1690. The zero-order valence-electron chi connectivity index (χ0n) is 32.7. The number of rotatable bonds is 24. The van der Waals surface area contributed by atoms with Crippen LogP contribution >= 0.6 is 0 Å². The molecule has 3 aromatic carbocycles. The summed E-state index contributed by atoms with van der Waals surface area (Å²) in [5.41, 5.74) is 8.97. The summed E-state index contributed by atoms with van der Waals surface area (Å²) in [5.74, 6) is 1.34. The molecule has 3 atom stereocenters. The monoisotopic (exact) mass is 759 g/mol. The third-order valence-corrected chi connectivity index (χ3v) is 10.0. The molecule has 1 fully saturated rings. The lowest BCUT2D eigenvalue weighted by Crippen LogP contribution is -2.42. The quantitative estimate of drug-likeness (QED) is 0.0150. The van der Waals surface area contributed by atoms with E-state index in [1.165, 1.54) is 12.7 Å². The van der Waals surface area contributed by atoms with E-state index in [4.69, 9.17) is 19.9 Å². The van der Waals surface area contributed by atoms with Gasteiger partial charge in [-0.1, -0.05) is 42.5 Å². The number of carbonyl (C=O) groups is 1. The number of aliphatic hydroxyl groups excluding tert-OH is 1. The number of methoxy groups -OCH3 is 1. The van der Waals surface area contributed by atoms with E-state index in [0.29, 0.717) is 75.2 Å². The Morgan fingerprint density at radius 3 is 2.62 bits per heavy atom. The molecule has 3 aromatic rings. The number of nitrogens with zero attached hydrogens (tertiary/aromatic N) is 1. The van der Waals surface area contributed by atoms with Crippen LogP contribution in [-0.2, 0) is 28.8 Å². The predicted molar refractivity (Wildman–Crippen MR) is 218 cm³/mol. The molecule has 0 aliphatic heterocycles. The summed E-state index contributed by atoms with van der Waals surface area (Å²) < 4.78 is 17.8. The van der Waals surface area contributed by atoms with Crippen LogP contribution in [0.4, 0.5) is 5.69 Å². The second-order valence-electron chi connectivity index (χ2n) is 14.4. The first-order chi connectivity index (χ1) is 26.6. The number of ether oxygens (including phenoxy) is 3. The molecule has 0 bridgehead atoms. The summed E-state index contributed by atoms with van der Waals surface area (Å²) in [6, 6.07) is 19.1. The molecule has 0 saturated heterocycles. The first-order valence-electron chi connectivity index (χ1n) is 19.4. The molecule has 0 radical (unpaired) electrons. The SMILES string of the molecule is CN=C(N)Nc1cc(CCC=CC(=O)CCc2ccc(O)c(OC)c2)cc(OC2(CNC)CCC(CCOCNCC(O)CCCc3ccccc3)C2)c1O. The highest BCUT2D eigenvalue weighted by Crippen LogP contribution is 2.44. The van der Waals surface area contributed by atoms with Gasteiger partial charge in [0, 0.05) is 33.2 Å². The highest BCUT2D eigenvalue weighted by molar-refractivity contribution is 5.94. The van der Waals surface area contributed by atoms with E-state index in [0.717, 1.165) is 56.1 Å². The number of nitrogens with two attached hydrogens (primary N) is 1. The van der Waals surface area contributed by atoms with Gasteiger partial charge in [-0.25, -0.2) is 0 Å². The van der Waals surface area contributed by atoms with Crippen molar-refractivity contribution in [2.24, 2.45) is 16.6 Å². The van der Waals surface area contributed by atoms with Gasteiger partial charge in [0.25, 0.3) is 0 Å². The standard InChI is InChI=1S/C43H61N5O7/c1-45-29-43(22-20-33(27-43)21-23-54-30-47-28-36(50)15-9-13-31-10-5-4-6-11-31)55-40-26-34(24-37(41(40)52)48-42(44)46-2)12-7-8-14-35(49)18-16-32-17-19-38(51)39(25-32)53-3/h4-6,8,10-11,14,17,19,24-26,33,36,45,47,50-52H,7,9,12-13,15-16,18,20-23,27-30H2,1-3H3,(H3,44,46,48). The molecule has 8 N–H and O–H groups in total. The minimum atomic E-state index is -0.521. The van der Waals surface area contributed by atoms with E-state index in [-0.39, 0.29) is 23.2 Å². The van der Waals surface area contributed by atoms with Crippen molar-refractivity contribution in [3.63, 3.8) is 0 Å². The fourth-order valence-electron chi connectivity index (χ4n) is 7.07. The number of carbonyl (C=O) groups excluding carboxylic acids is 1. The number of allylic oxidation sites excluding steroid dienone is 2. The van der Waals surface area contributed by atoms with Crippen LogP contribution in [0.2, 0.25) is 0 Å². The maximum atomic E-state index is 12.6. The van der Waals surface area contributed by atoms with Gasteiger partial charge >= 0.3 is 0 Å². The van der Waals surface area contributed by atoms with Gasteiger partial charge in [-0.15, -0.1) is 0 Å². The van der Waals surface area contributed by atoms with Crippen LogP contribution in [-0.4, -0.2) is 86.4 Å². The third kappa shape index (κ3) is 14.5. The largest absolute Gasteiger partial charge is 0.504 e. The number of aryl methyl sites for hydroxylation is 3. The fourth-order valence-corrected chi connectivity index (χ4v) is 7.07. The first kappa shape index (κ1) is 43.1. The number of phenols is 2. The number of phenolic OH excluding ortho intramolecular Hbond substituents is 2. The molecule has 300 valence electrons. The summed E-state index contributed by atoms with van der Waals surface area (Å²) in [6.07, 6.45) is 11.3. The van der Waals surface area contributed by atoms with Gasteiger partial charge in [-0.3, -0.25) is 15.1 Å². The molecule has 0 spiro atoms. The Hall–Kier alpha value is -4.62. The van der Waals surface area contributed by atoms with Crippen molar-refractivity contribution < 1.29 is 34.3 Å². The van der Waals surface area contributed by atoms with Crippen molar-refractivity contribution >= 4 is 17.4 Å². The minimum absolute atomic E-state index is 0.00599. The first-order valence-corrected chi connectivity index (χ1v) is 19.4. The molecule has 0 heterocycles. The third-order valence-electron chi connectivity index (χ3n) is 10.0. The number of aromatic hydroxyl groups is 2. The topological polar surface area (TPSA) is 180 Å². The van der Waals surface area contributed by atoms with Gasteiger partial charge < -0.3 is 45.9 Å². The van der Waals surface area contributed by atoms with Crippen LogP contribution in [0.3, 0.4) is 0 Å². The predicted octanol–water partition coefficient (Wildman–Crippen LogP) is 5.63. The number of aliphatic hydroxyl groups is 1. The number of aliphatic imine (C=N–C) groups is 1. The summed E-state index contributed by atoms with van der Waals surface area (Å²) in [6.45, 7) is 2.10. The number of nitrogens with one attached hydrogen (secondary N) is 3. The number of likely N-dealkylation sites (N-methyl/N-ethyl adjacent to an activating group) is 1. The molecule has 12 nitrogen and oxygen atoms in total. The van der Waals surface area contributed by atoms with Gasteiger partial charge in [0.05, 0.1) is 25.6 Å². The molecule has 1 aliphatic rings. The lowest BCUT2D eigenvalue weighted by molar-refractivity contribution is -0.114. The maximum Gasteiger partial charge on any atom is 0.192 e.